The van der Waals surface area contributed by atoms with E-state index in [1.807, 2.05) is 24.3 Å². The summed E-state index contributed by atoms with van der Waals surface area (Å²) in [6.45, 7) is 0. The number of benzene rings is 1. The summed E-state index contributed by atoms with van der Waals surface area (Å²) in [4.78, 5) is 0. The van der Waals surface area contributed by atoms with Crippen molar-refractivity contribution in [2.75, 3.05) is 0 Å². The molecule has 1 aliphatic carbocycles. The maximum Gasteiger partial charge on any atom is 0.115 e. The fraction of sp³-hybridized carbons (Fsp3) is 0.0769. The molecule has 0 bridgehead atoms. The zero-order valence-electron chi connectivity index (χ0n) is 8.65. The molecule has 1 aromatic carbocycles. The number of phenols is 1. The molecule has 3 heteroatoms. The lowest BCUT2D eigenvalue weighted by atomic mass is 10.0. The second-order valence-electron chi connectivity index (χ2n) is 3.60. The van der Waals surface area contributed by atoms with Crippen molar-refractivity contribution in [1.82, 2.24) is 5.54 Å². The molecule has 0 fully saturated rings. The van der Waals surface area contributed by atoms with Gasteiger partial charge in [0.1, 0.15) is 5.75 Å². The van der Waals surface area contributed by atoms with E-state index in [0.29, 0.717) is 12.1 Å². The Morgan fingerprint density at radius 2 is 1.94 bits per heavy atom. The van der Waals surface area contributed by atoms with E-state index in [1.165, 1.54) is 0 Å². The summed E-state index contributed by atoms with van der Waals surface area (Å²) >= 11 is 0. The van der Waals surface area contributed by atoms with Gasteiger partial charge in [0.2, 0.25) is 0 Å². The predicted octanol–water partition coefficient (Wildman–Crippen LogP) is 3.09. The van der Waals surface area contributed by atoms with Gasteiger partial charge in [-0.25, -0.2) is 5.54 Å². The van der Waals surface area contributed by atoms with Crippen LogP contribution in [0.3, 0.4) is 0 Å². The Balaban J connectivity index is 2.13. The minimum absolute atomic E-state index is 0.255. The lowest BCUT2D eigenvalue weighted by molar-refractivity contribution is 0.391. The average Bonchev–Trinajstić information content (AvgIpc) is 2.33. The van der Waals surface area contributed by atoms with Crippen LogP contribution in [0, 0.1) is 0 Å². The first kappa shape index (κ1) is 10.5. The monoisotopic (exact) mass is 217 g/mol. The van der Waals surface area contributed by atoms with Crippen LogP contribution >= 0.6 is 0 Å². The molecule has 2 rings (SSSR count). The van der Waals surface area contributed by atoms with Crippen molar-refractivity contribution in [3.05, 3.63) is 59.3 Å². The molecule has 0 saturated heterocycles. The summed E-state index contributed by atoms with van der Waals surface area (Å²) in [5.74, 6) is 0.255. The molecule has 0 heterocycles. The molecule has 0 atom stereocenters. The van der Waals surface area contributed by atoms with Crippen molar-refractivity contribution in [2.45, 2.75) is 6.42 Å². The first-order chi connectivity index (χ1) is 7.78. The Hall–Kier alpha value is -2.03. The van der Waals surface area contributed by atoms with Crippen molar-refractivity contribution < 1.29 is 9.59 Å². The van der Waals surface area contributed by atoms with Crippen LogP contribution in [0.5, 0.6) is 5.75 Å². The zero-order valence-corrected chi connectivity index (χ0v) is 8.65. The van der Waals surface area contributed by atoms with Gasteiger partial charge in [-0.2, -0.15) is 0 Å². The Bertz CT molecular complexity index is 457. The van der Waals surface area contributed by atoms with E-state index in [2.05, 4.69) is 0 Å². The van der Waals surface area contributed by atoms with Gasteiger partial charge in [0.15, 0.2) is 0 Å². The highest BCUT2D eigenvalue weighted by molar-refractivity contribution is 5.58. The molecule has 0 aliphatic heterocycles. The highest BCUT2D eigenvalue weighted by atomic mass is 19.2. The van der Waals surface area contributed by atoms with Crippen molar-refractivity contribution in [2.24, 2.45) is 0 Å². The van der Waals surface area contributed by atoms with Crippen LogP contribution in [0.2, 0.25) is 0 Å². The average molecular weight is 217 g/mol. The van der Waals surface area contributed by atoms with Gasteiger partial charge in [-0.05, 0) is 35.8 Å². The minimum atomic E-state index is 0.255. The van der Waals surface area contributed by atoms with Gasteiger partial charge in [-0.3, -0.25) is 0 Å². The summed E-state index contributed by atoms with van der Waals surface area (Å²) in [5, 5.41) is 9.14. The molecule has 2 nitrogen and oxygen atoms in total. The van der Waals surface area contributed by atoms with E-state index in [0.717, 1.165) is 11.1 Å². The van der Waals surface area contributed by atoms with Gasteiger partial charge in [0, 0.05) is 0 Å². The zero-order chi connectivity index (χ0) is 11.4. The molecule has 1 aliphatic rings. The highest BCUT2D eigenvalue weighted by Gasteiger charge is 2.00. The molecule has 0 saturated carbocycles. The van der Waals surface area contributed by atoms with Crippen LogP contribution in [0.4, 0.5) is 4.48 Å². The van der Waals surface area contributed by atoms with Gasteiger partial charge in [0.25, 0.3) is 0 Å². The highest BCUT2D eigenvalue weighted by Crippen LogP contribution is 2.18. The molecule has 0 amide bonds. The Kier molecular flexibility index (Phi) is 3.05. The molecule has 16 heavy (non-hydrogen) atoms. The summed E-state index contributed by atoms with van der Waals surface area (Å²) in [6, 6.07) is 6.96. The molecule has 0 aromatic heterocycles. The van der Waals surface area contributed by atoms with Crippen LogP contribution in [0.1, 0.15) is 12.0 Å². The summed E-state index contributed by atoms with van der Waals surface area (Å²) < 4.78 is 12.1. The number of hydrogen-bond donors (Lipinski definition) is 2. The fourth-order valence-corrected chi connectivity index (χ4v) is 1.52. The Labute approximate surface area is 93.4 Å². The normalized spacial score (nSPS) is 17.3. The summed E-state index contributed by atoms with van der Waals surface area (Å²) in [6.07, 6.45) is 8.04. The van der Waals surface area contributed by atoms with E-state index < -0.39 is 0 Å². The molecular formula is C13H12FNO. The van der Waals surface area contributed by atoms with Crippen LogP contribution in [-0.4, -0.2) is 5.11 Å². The van der Waals surface area contributed by atoms with Crippen molar-refractivity contribution in [1.29, 1.82) is 0 Å². The van der Waals surface area contributed by atoms with E-state index in [-0.39, 0.29) is 5.75 Å². The standard InChI is InChI=1S/C13H12FNO/c14-15-12-5-1-10(2-6-12)9-11-3-7-13(16)8-4-11/h1,3-9,15-16H,2H2. The van der Waals surface area contributed by atoms with E-state index in [4.69, 9.17) is 5.11 Å². The third kappa shape index (κ3) is 2.51. The third-order valence-electron chi connectivity index (χ3n) is 2.39. The largest absolute Gasteiger partial charge is 0.508 e. The number of phenolic OH excluding ortho intramolecular Hbond substituents is 1. The first-order valence-corrected chi connectivity index (χ1v) is 5.02. The van der Waals surface area contributed by atoms with Gasteiger partial charge >= 0.3 is 0 Å². The van der Waals surface area contributed by atoms with Gasteiger partial charge in [-0.1, -0.05) is 30.4 Å². The van der Waals surface area contributed by atoms with E-state index in [9.17, 15) is 4.48 Å². The SMILES string of the molecule is Oc1ccc(C=C2C=CC(NF)=CC2)cc1. The van der Waals surface area contributed by atoms with Gasteiger partial charge in [-0.15, -0.1) is 4.48 Å². The van der Waals surface area contributed by atoms with Crippen molar-refractivity contribution in [3.8, 4) is 5.75 Å². The number of aromatic hydroxyl groups is 1. The number of halogens is 1. The summed E-state index contributed by atoms with van der Waals surface area (Å²) in [5.41, 5.74) is 4.22. The fourth-order valence-electron chi connectivity index (χ4n) is 1.52. The Morgan fingerprint density at radius 3 is 2.50 bits per heavy atom. The minimum Gasteiger partial charge on any atom is -0.508 e. The van der Waals surface area contributed by atoms with E-state index in [1.54, 1.807) is 29.8 Å². The molecule has 1 aromatic rings. The molecule has 0 radical (unpaired) electrons. The number of rotatable bonds is 2. The molecule has 2 N–H and O–H groups in total. The second kappa shape index (κ2) is 4.66. The second-order valence-corrected chi connectivity index (χ2v) is 3.60. The maximum absolute atomic E-state index is 12.1. The number of hydrogen-bond acceptors (Lipinski definition) is 2. The van der Waals surface area contributed by atoms with Crippen LogP contribution in [0.25, 0.3) is 6.08 Å². The Morgan fingerprint density at radius 1 is 1.19 bits per heavy atom. The van der Waals surface area contributed by atoms with Gasteiger partial charge in [0.05, 0.1) is 5.70 Å². The smallest absolute Gasteiger partial charge is 0.115 e. The predicted molar refractivity (Wildman–Crippen MR) is 62.2 cm³/mol. The number of nitrogens with one attached hydrogen (secondary N) is 1. The van der Waals surface area contributed by atoms with Crippen molar-refractivity contribution >= 4 is 6.08 Å². The quantitative estimate of drug-likeness (QED) is 0.746. The molecule has 82 valence electrons. The molecular weight excluding hydrogens is 205 g/mol. The topological polar surface area (TPSA) is 32.3 Å². The van der Waals surface area contributed by atoms with E-state index >= 15 is 0 Å². The first-order valence-electron chi connectivity index (χ1n) is 5.02. The molecule has 0 unspecified atom stereocenters. The van der Waals surface area contributed by atoms with Crippen LogP contribution in [-0.2, 0) is 0 Å². The molecule has 0 spiro atoms. The lowest BCUT2D eigenvalue weighted by Crippen LogP contribution is -2.00. The lowest BCUT2D eigenvalue weighted by Gasteiger charge is -2.06. The van der Waals surface area contributed by atoms with Gasteiger partial charge < -0.3 is 5.11 Å². The number of allylic oxidation sites excluding steroid dienone is 4. The van der Waals surface area contributed by atoms with Crippen LogP contribution < -0.4 is 5.54 Å². The summed E-state index contributed by atoms with van der Waals surface area (Å²) in [7, 11) is 0. The van der Waals surface area contributed by atoms with Crippen molar-refractivity contribution in [3.63, 3.8) is 0 Å². The maximum atomic E-state index is 12.1. The van der Waals surface area contributed by atoms with Crippen LogP contribution in [0.15, 0.2) is 53.8 Å². The third-order valence-corrected chi connectivity index (χ3v) is 2.39.